The molecular weight excluding hydrogens is 270 g/mol. The van der Waals surface area contributed by atoms with E-state index in [-0.39, 0.29) is 17.5 Å². The van der Waals surface area contributed by atoms with Crippen LogP contribution in [0.1, 0.15) is 33.6 Å². The lowest BCUT2D eigenvalue weighted by Gasteiger charge is -2.34. The van der Waals surface area contributed by atoms with Gasteiger partial charge in [-0.15, -0.1) is 0 Å². The van der Waals surface area contributed by atoms with Crippen LogP contribution in [0.4, 0.5) is 8.78 Å². The van der Waals surface area contributed by atoms with Crippen LogP contribution < -0.4 is 5.32 Å². The van der Waals surface area contributed by atoms with Gasteiger partial charge in [0.1, 0.15) is 5.82 Å². The van der Waals surface area contributed by atoms with E-state index in [9.17, 15) is 23.2 Å². The predicted octanol–water partition coefficient (Wildman–Crippen LogP) is 0.998. The van der Waals surface area contributed by atoms with E-state index in [1.807, 2.05) is 0 Å². The summed E-state index contributed by atoms with van der Waals surface area (Å²) in [6, 6.07) is 3.01. The SMILES string of the molecule is O=C1c2ccc(F)cc2C(=O)N1C1(F)CCCNC1=O. The van der Waals surface area contributed by atoms with Gasteiger partial charge < -0.3 is 5.32 Å². The van der Waals surface area contributed by atoms with Gasteiger partial charge in [-0.25, -0.2) is 13.7 Å². The van der Waals surface area contributed by atoms with Crippen LogP contribution in [0.25, 0.3) is 0 Å². The van der Waals surface area contributed by atoms with Gasteiger partial charge in [0.15, 0.2) is 0 Å². The molecule has 0 radical (unpaired) electrons. The summed E-state index contributed by atoms with van der Waals surface area (Å²) in [5.41, 5.74) is -0.308. The standard InChI is InChI=1S/C13H10F2N2O3/c14-7-2-3-8-9(6-7)11(19)17(10(8)18)13(15)4-1-5-16-12(13)20/h2-3,6H,1,4-5H2,(H,16,20). The molecule has 0 saturated carbocycles. The Morgan fingerprint density at radius 1 is 1.15 bits per heavy atom. The first-order valence-electron chi connectivity index (χ1n) is 6.11. The van der Waals surface area contributed by atoms with E-state index < -0.39 is 29.3 Å². The first-order valence-corrected chi connectivity index (χ1v) is 6.11. The maximum Gasteiger partial charge on any atom is 0.279 e. The third kappa shape index (κ3) is 1.55. The summed E-state index contributed by atoms with van der Waals surface area (Å²) < 4.78 is 28.0. The minimum atomic E-state index is -2.71. The molecule has 0 aromatic heterocycles. The van der Waals surface area contributed by atoms with Crippen molar-refractivity contribution in [1.29, 1.82) is 0 Å². The average molecular weight is 280 g/mol. The fourth-order valence-corrected chi connectivity index (χ4v) is 2.52. The molecule has 1 saturated heterocycles. The molecule has 20 heavy (non-hydrogen) atoms. The fraction of sp³-hybridized carbons (Fsp3) is 0.308. The Labute approximate surface area is 112 Å². The van der Waals surface area contributed by atoms with Crippen molar-refractivity contribution in [2.45, 2.75) is 18.6 Å². The van der Waals surface area contributed by atoms with Gasteiger partial charge in [0.2, 0.25) is 0 Å². The number of imide groups is 1. The van der Waals surface area contributed by atoms with Gasteiger partial charge in [-0.2, -0.15) is 0 Å². The average Bonchev–Trinajstić information content (AvgIpc) is 2.65. The third-order valence-corrected chi connectivity index (χ3v) is 3.52. The summed E-state index contributed by atoms with van der Waals surface area (Å²) in [6.07, 6.45) is 0.0524. The predicted molar refractivity (Wildman–Crippen MR) is 63.0 cm³/mol. The summed E-state index contributed by atoms with van der Waals surface area (Å²) >= 11 is 0. The number of carbonyl (C=O) groups is 3. The van der Waals surface area contributed by atoms with E-state index >= 15 is 0 Å². The molecule has 2 aliphatic rings. The van der Waals surface area contributed by atoms with Crippen LogP contribution in [0.5, 0.6) is 0 Å². The smallest absolute Gasteiger partial charge is 0.279 e. The zero-order chi connectivity index (χ0) is 14.5. The largest absolute Gasteiger partial charge is 0.352 e. The molecule has 0 aliphatic carbocycles. The van der Waals surface area contributed by atoms with Gasteiger partial charge >= 0.3 is 0 Å². The van der Waals surface area contributed by atoms with Crippen molar-refractivity contribution in [1.82, 2.24) is 10.2 Å². The van der Waals surface area contributed by atoms with E-state index in [0.29, 0.717) is 17.9 Å². The molecule has 104 valence electrons. The molecule has 1 N–H and O–H groups in total. The molecule has 5 nitrogen and oxygen atoms in total. The van der Waals surface area contributed by atoms with Gasteiger partial charge in [0.05, 0.1) is 11.1 Å². The first-order chi connectivity index (χ1) is 9.45. The van der Waals surface area contributed by atoms with Crippen LogP contribution in [0.3, 0.4) is 0 Å². The van der Waals surface area contributed by atoms with E-state index in [0.717, 1.165) is 18.2 Å². The van der Waals surface area contributed by atoms with Crippen molar-refractivity contribution < 1.29 is 23.2 Å². The lowest BCUT2D eigenvalue weighted by atomic mass is 10.0. The van der Waals surface area contributed by atoms with Crippen molar-refractivity contribution >= 4 is 17.7 Å². The minimum Gasteiger partial charge on any atom is -0.352 e. The molecule has 0 spiro atoms. The van der Waals surface area contributed by atoms with E-state index in [1.165, 1.54) is 0 Å². The van der Waals surface area contributed by atoms with E-state index in [1.54, 1.807) is 0 Å². The molecule has 2 heterocycles. The summed E-state index contributed by atoms with van der Waals surface area (Å²) in [5, 5.41) is 2.29. The highest BCUT2D eigenvalue weighted by Gasteiger charge is 2.55. The Bertz CT molecular complexity index is 647. The van der Waals surface area contributed by atoms with Crippen molar-refractivity contribution in [3.63, 3.8) is 0 Å². The van der Waals surface area contributed by atoms with Gasteiger partial charge in [0.25, 0.3) is 23.5 Å². The van der Waals surface area contributed by atoms with Crippen molar-refractivity contribution in [2.24, 2.45) is 0 Å². The number of amides is 3. The highest BCUT2D eigenvalue weighted by molar-refractivity contribution is 6.23. The molecule has 1 fully saturated rings. The lowest BCUT2D eigenvalue weighted by Crippen LogP contribution is -2.60. The minimum absolute atomic E-state index is 0.0909. The van der Waals surface area contributed by atoms with Gasteiger partial charge in [-0.05, 0) is 24.6 Å². The lowest BCUT2D eigenvalue weighted by molar-refractivity contribution is -0.144. The molecule has 1 atom stereocenters. The van der Waals surface area contributed by atoms with Crippen LogP contribution >= 0.6 is 0 Å². The van der Waals surface area contributed by atoms with Crippen LogP contribution in [-0.4, -0.2) is 35.0 Å². The molecule has 2 aliphatic heterocycles. The van der Waals surface area contributed by atoms with Crippen molar-refractivity contribution in [3.05, 3.63) is 35.1 Å². The highest BCUT2D eigenvalue weighted by Crippen LogP contribution is 2.35. The Morgan fingerprint density at radius 3 is 2.55 bits per heavy atom. The molecule has 3 rings (SSSR count). The fourth-order valence-electron chi connectivity index (χ4n) is 2.52. The van der Waals surface area contributed by atoms with Crippen LogP contribution in [0.2, 0.25) is 0 Å². The van der Waals surface area contributed by atoms with Crippen LogP contribution in [0.15, 0.2) is 18.2 Å². The molecule has 1 aromatic carbocycles. The number of benzene rings is 1. The zero-order valence-electron chi connectivity index (χ0n) is 10.3. The second-order valence-corrected chi connectivity index (χ2v) is 4.75. The second-order valence-electron chi connectivity index (χ2n) is 4.75. The maximum atomic E-state index is 14.8. The Hall–Kier alpha value is -2.31. The Kier molecular flexibility index (Phi) is 2.60. The summed E-state index contributed by atoms with van der Waals surface area (Å²) in [4.78, 5) is 36.3. The number of hydrogen-bond acceptors (Lipinski definition) is 3. The molecule has 1 unspecified atom stereocenters. The van der Waals surface area contributed by atoms with Crippen LogP contribution in [0, 0.1) is 5.82 Å². The first kappa shape index (κ1) is 12.7. The molecule has 7 heteroatoms. The number of rotatable bonds is 1. The number of alkyl halides is 1. The third-order valence-electron chi connectivity index (χ3n) is 3.52. The van der Waals surface area contributed by atoms with Crippen LogP contribution in [-0.2, 0) is 4.79 Å². The zero-order valence-corrected chi connectivity index (χ0v) is 10.3. The molecule has 1 aromatic rings. The van der Waals surface area contributed by atoms with Gasteiger partial charge in [-0.3, -0.25) is 14.4 Å². The van der Waals surface area contributed by atoms with E-state index in [4.69, 9.17) is 0 Å². The van der Waals surface area contributed by atoms with Gasteiger partial charge in [0, 0.05) is 13.0 Å². The molecule has 0 bridgehead atoms. The molecule has 3 amide bonds. The number of nitrogens with zero attached hydrogens (tertiary/aromatic N) is 1. The maximum absolute atomic E-state index is 14.8. The summed E-state index contributed by atoms with van der Waals surface area (Å²) in [6.45, 7) is 0.294. The number of nitrogens with one attached hydrogen (secondary N) is 1. The quantitative estimate of drug-likeness (QED) is 0.616. The highest BCUT2D eigenvalue weighted by atomic mass is 19.1. The number of fused-ring (bicyclic) bond motifs is 1. The normalized spacial score (nSPS) is 25.7. The van der Waals surface area contributed by atoms with Crippen molar-refractivity contribution in [3.8, 4) is 0 Å². The number of carbonyl (C=O) groups excluding carboxylic acids is 3. The van der Waals surface area contributed by atoms with Crippen molar-refractivity contribution in [2.75, 3.05) is 6.54 Å². The second kappa shape index (κ2) is 4.09. The Morgan fingerprint density at radius 2 is 1.85 bits per heavy atom. The number of hydrogen-bond donors (Lipinski definition) is 1. The Balaban J connectivity index is 2.07. The monoisotopic (exact) mass is 280 g/mol. The topological polar surface area (TPSA) is 66.5 Å². The number of halogens is 2. The van der Waals surface area contributed by atoms with E-state index in [2.05, 4.69) is 5.32 Å². The summed E-state index contributed by atoms with van der Waals surface area (Å²) in [7, 11) is 0. The summed E-state index contributed by atoms with van der Waals surface area (Å²) in [5.74, 6) is -6.32. The molecular formula is C13H10F2N2O3. The number of piperidine rings is 1. The van der Waals surface area contributed by atoms with Gasteiger partial charge in [-0.1, -0.05) is 0 Å².